The Bertz CT molecular complexity index is 782. The Hall–Kier alpha value is -2.59. The van der Waals surface area contributed by atoms with Crippen LogP contribution in [0.15, 0.2) is 66.9 Å². The molecule has 4 nitrogen and oxygen atoms in total. The highest BCUT2D eigenvalue weighted by molar-refractivity contribution is 5.62. The molecule has 1 aliphatic rings. The molecule has 0 amide bonds. The van der Waals surface area contributed by atoms with E-state index in [1.807, 2.05) is 12.3 Å². The van der Waals surface area contributed by atoms with Crippen molar-refractivity contribution in [1.82, 2.24) is 15.1 Å². The second kappa shape index (κ2) is 7.53. The quantitative estimate of drug-likeness (QED) is 0.737. The predicted molar refractivity (Wildman–Crippen MR) is 102 cm³/mol. The normalized spacial score (nSPS) is 18.2. The Kier molecular flexibility index (Phi) is 4.79. The predicted octanol–water partition coefficient (Wildman–Crippen LogP) is 4.15. The van der Waals surface area contributed by atoms with Gasteiger partial charge in [-0.05, 0) is 37.1 Å². The standard InChI is InChI=1S/C21H24N4/c1-3-8-17(9-4-1)21-18(14-22-24-21)15-25-13-7-12-20(16-25)23-19-10-5-2-6-11-19/h1-6,8-11,14,20,23H,7,12-13,15-16H2,(H,22,24). The van der Waals surface area contributed by atoms with Gasteiger partial charge in [-0.1, -0.05) is 48.5 Å². The highest BCUT2D eigenvalue weighted by atomic mass is 15.2. The van der Waals surface area contributed by atoms with E-state index < -0.39 is 0 Å². The van der Waals surface area contributed by atoms with Crippen LogP contribution in [0.2, 0.25) is 0 Å². The fourth-order valence-corrected chi connectivity index (χ4v) is 3.61. The largest absolute Gasteiger partial charge is 0.381 e. The van der Waals surface area contributed by atoms with Crippen LogP contribution in [-0.4, -0.2) is 34.2 Å². The van der Waals surface area contributed by atoms with Crippen molar-refractivity contribution in [3.63, 3.8) is 0 Å². The Labute approximate surface area is 148 Å². The summed E-state index contributed by atoms with van der Waals surface area (Å²) in [5.74, 6) is 0. The molecule has 1 saturated heterocycles. The van der Waals surface area contributed by atoms with Gasteiger partial charge in [-0.3, -0.25) is 10.00 Å². The maximum absolute atomic E-state index is 4.28. The second-order valence-corrected chi connectivity index (χ2v) is 6.72. The molecule has 1 aliphatic heterocycles. The third-order valence-corrected chi connectivity index (χ3v) is 4.82. The number of hydrogen-bond donors (Lipinski definition) is 2. The van der Waals surface area contributed by atoms with E-state index in [4.69, 9.17) is 0 Å². The number of anilines is 1. The average molecular weight is 332 g/mol. The van der Waals surface area contributed by atoms with Crippen LogP contribution in [0.25, 0.3) is 11.3 Å². The minimum Gasteiger partial charge on any atom is -0.381 e. The number of aromatic amines is 1. The number of hydrogen-bond acceptors (Lipinski definition) is 3. The fourth-order valence-electron chi connectivity index (χ4n) is 3.61. The fraction of sp³-hybridized carbons (Fsp3) is 0.286. The van der Waals surface area contributed by atoms with Gasteiger partial charge in [-0.2, -0.15) is 5.10 Å². The maximum atomic E-state index is 4.28. The lowest BCUT2D eigenvalue weighted by molar-refractivity contribution is 0.209. The Morgan fingerprint density at radius 2 is 1.80 bits per heavy atom. The molecule has 1 atom stereocenters. The molecule has 4 heteroatoms. The van der Waals surface area contributed by atoms with E-state index >= 15 is 0 Å². The summed E-state index contributed by atoms with van der Waals surface area (Å²) < 4.78 is 0. The maximum Gasteiger partial charge on any atom is 0.0695 e. The van der Waals surface area contributed by atoms with Crippen molar-refractivity contribution < 1.29 is 0 Å². The van der Waals surface area contributed by atoms with Crippen molar-refractivity contribution in [2.24, 2.45) is 0 Å². The molecular formula is C21H24N4. The number of piperidine rings is 1. The number of para-hydroxylation sites is 1. The van der Waals surface area contributed by atoms with Crippen LogP contribution in [0, 0.1) is 0 Å². The molecule has 0 aliphatic carbocycles. The van der Waals surface area contributed by atoms with Crippen molar-refractivity contribution in [3.05, 3.63) is 72.4 Å². The molecular weight excluding hydrogens is 308 g/mol. The summed E-state index contributed by atoms with van der Waals surface area (Å²) in [7, 11) is 0. The van der Waals surface area contributed by atoms with Crippen LogP contribution in [0.5, 0.6) is 0 Å². The van der Waals surface area contributed by atoms with Crippen LogP contribution in [0.3, 0.4) is 0 Å². The van der Waals surface area contributed by atoms with E-state index in [1.54, 1.807) is 0 Å². The molecule has 128 valence electrons. The number of H-pyrrole nitrogens is 1. The average Bonchev–Trinajstić information content (AvgIpc) is 3.12. The van der Waals surface area contributed by atoms with Crippen LogP contribution in [-0.2, 0) is 6.54 Å². The second-order valence-electron chi connectivity index (χ2n) is 6.72. The SMILES string of the molecule is c1ccc(NC2CCCN(Cc3cn[nH]c3-c3ccccc3)C2)cc1. The lowest BCUT2D eigenvalue weighted by Crippen LogP contribution is -2.41. The molecule has 4 rings (SSSR count). The van der Waals surface area contributed by atoms with E-state index in [9.17, 15) is 0 Å². The van der Waals surface area contributed by atoms with Crippen molar-refractivity contribution in [2.75, 3.05) is 18.4 Å². The number of nitrogens with one attached hydrogen (secondary N) is 2. The van der Waals surface area contributed by atoms with Gasteiger partial charge in [0.05, 0.1) is 11.9 Å². The Balaban J connectivity index is 1.42. The van der Waals surface area contributed by atoms with Crippen LogP contribution in [0.1, 0.15) is 18.4 Å². The summed E-state index contributed by atoms with van der Waals surface area (Å²) in [6.45, 7) is 3.15. The highest BCUT2D eigenvalue weighted by Crippen LogP contribution is 2.24. The minimum absolute atomic E-state index is 0.503. The van der Waals surface area contributed by atoms with Crippen LogP contribution >= 0.6 is 0 Å². The zero-order valence-electron chi connectivity index (χ0n) is 14.4. The third kappa shape index (κ3) is 3.91. The van der Waals surface area contributed by atoms with E-state index in [2.05, 4.69) is 75.0 Å². The van der Waals surface area contributed by atoms with Crippen LogP contribution < -0.4 is 5.32 Å². The molecule has 0 saturated carbocycles. The molecule has 0 radical (unpaired) electrons. The summed E-state index contributed by atoms with van der Waals surface area (Å²) in [5.41, 5.74) is 4.82. The summed E-state index contributed by atoms with van der Waals surface area (Å²) >= 11 is 0. The van der Waals surface area contributed by atoms with Gasteiger partial charge in [-0.25, -0.2) is 0 Å². The van der Waals surface area contributed by atoms with Gasteiger partial charge in [0.15, 0.2) is 0 Å². The third-order valence-electron chi connectivity index (χ3n) is 4.82. The summed E-state index contributed by atoms with van der Waals surface area (Å²) in [6, 6.07) is 21.5. The van der Waals surface area contributed by atoms with Crippen molar-refractivity contribution in [3.8, 4) is 11.3 Å². The Morgan fingerprint density at radius 1 is 1.04 bits per heavy atom. The van der Waals surface area contributed by atoms with Gasteiger partial charge in [0.25, 0.3) is 0 Å². The number of nitrogens with zero attached hydrogens (tertiary/aromatic N) is 2. The molecule has 0 spiro atoms. The number of aromatic nitrogens is 2. The molecule has 2 N–H and O–H groups in total. The van der Waals surface area contributed by atoms with Gasteiger partial charge in [0, 0.05) is 30.4 Å². The minimum atomic E-state index is 0.503. The molecule has 3 aromatic rings. The summed E-state index contributed by atoms with van der Waals surface area (Å²) in [4.78, 5) is 2.53. The molecule has 0 bridgehead atoms. The molecule has 25 heavy (non-hydrogen) atoms. The summed E-state index contributed by atoms with van der Waals surface area (Å²) in [5, 5.41) is 11.1. The smallest absolute Gasteiger partial charge is 0.0695 e. The topological polar surface area (TPSA) is 44.0 Å². The zero-order valence-corrected chi connectivity index (χ0v) is 14.4. The molecule has 1 fully saturated rings. The van der Waals surface area contributed by atoms with E-state index in [1.165, 1.54) is 29.7 Å². The first-order chi connectivity index (χ1) is 12.4. The lowest BCUT2D eigenvalue weighted by atomic mass is 10.0. The summed E-state index contributed by atoms with van der Waals surface area (Å²) in [6.07, 6.45) is 4.42. The first kappa shape index (κ1) is 15.9. The molecule has 1 aromatic heterocycles. The molecule has 2 aromatic carbocycles. The van der Waals surface area contributed by atoms with E-state index in [-0.39, 0.29) is 0 Å². The molecule has 2 heterocycles. The van der Waals surface area contributed by atoms with Gasteiger partial charge in [0.2, 0.25) is 0 Å². The van der Waals surface area contributed by atoms with E-state index in [0.717, 1.165) is 25.3 Å². The number of likely N-dealkylation sites (tertiary alicyclic amines) is 1. The van der Waals surface area contributed by atoms with Crippen molar-refractivity contribution in [1.29, 1.82) is 0 Å². The van der Waals surface area contributed by atoms with Crippen LogP contribution in [0.4, 0.5) is 5.69 Å². The first-order valence-corrected chi connectivity index (χ1v) is 9.00. The van der Waals surface area contributed by atoms with Gasteiger partial charge in [0.1, 0.15) is 0 Å². The highest BCUT2D eigenvalue weighted by Gasteiger charge is 2.21. The van der Waals surface area contributed by atoms with Crippen molar-refractivity contribution >= 4 is 5.69 Å². The molecule has 1 unspecified atom stereocenters. The van der Waals surface area contributed by atoms with Gasteiger partial charge in [-0.15, -0.1) is 0 Å². The zero-order chi connectivity index (χ0) is 16.9. The van der Waals surface area contributed by atoms with Gasteiger partial charge >= 0.3 is 0 Å². The lowest BCUT2D eigenvalue weighted by Gasteiger charge is -2.33. The monoisotopic (exact) mass is 332 g/mol. The Morgan fingerprint density at radius 3 is 2.60 bits per heavy atom. The number of rotatable bonds is 5. The van der Waals surface area contributed by atoms with Crippen molar-refractivity contribution in [2.45, 2.75) is 25.4 Å². The number of benzene rings is 2. The first-order valence-electron chi connectivity index (χ1n) is 9.00. The van der Waals surface area contributed by atoms with E-state index in [0.29, 0.717) is 6.04 Å². The van der Waals surface area contributed by atoms with Gasteiger partial charge < -0.3 is 5.32 Å².